The molecule has 1 N–H and O–H groups in total. The largest absolute Gasteiger partial charge is 0.389 e. The molecule has 2 unspecified atom stereocenters. The van der Waals surface area contributed by atoms with Crippen LogP contribution in [0.5, 0.6) is 0 Å². The van der Waals surface area contributed by atoms with Gasteiger partial charge in [0.05, 0.1) is 5.60 Å². The van der Waals surface area contributed by atoms with E-state index in [0.29, 0.717) is 12.3 Å². The summed E-state index contributed by atoms with van der Waals surface area (Å²) in [5.41, 5.74) is 0.373. The van der Waals surface area contributed by atoms with E-state index in [1.54, 1.807) is 6.07 Å². The zero-order chi connectivity index (χ0) is 11.8. The van der Waals surface area contributed by atoms with Gasteiger partial charge in [-0.1, -0.05) is 35.3 Å². The SMILES string of the molecule is CC1CCCC1(O)Cc1ccc(F)cc1Br. The monoisotopic (exact) mass is 286 g/mol. The Morgan fingerprint density at radius 2 is 2.31 bits per heavy atom. The predicted molar refractivity (Wildman–Crippen MR) is 65.8 cm³/mol. The first-order valence-electron chi connectivity index (χ1n) is 5.67. The van der Waals surface area contributed by atoms with Crippen molar-refractivity contribution in [2.75, 3.05) is 0 Å². The number of rotatable bonds is 2. The summed E-state index contributed by atoms with van der Waals surface area (Å²) in [6, 6.07) is 4.66. The second-order valence-electron chi connectivity index (χ2n) is 4.81. The van der Waals surface area contributed by atoms with E-state index in [9.17, 15) is 9.50 Å². The standard InChI is InChI=1S/C13H16BrFO/c1-9-3-2-6-13(9,16)8-10-4-5-11(15)7-12(10)14/h4-5,7,9,16H,2-3,6,8H2,1H3. The van der Waals surface area contributed by atoms with Crippen molar-refractivity contribution in [1.82, 2.24) is 0 Å². The summed E-state index contributed by atoms with van der Waals surface area (Å²) in [7, 11) is 0. The Kier molecular flexibility index (Phi) is 3.36. The topological polar surface area (TPSA) is 20.2 Å². The Morgan fingerprint density at radius 3 is 2.88 bits per heavy atom. The van der Waals surface area contributed by atoms with Gasteiger partial charge in [0.2, 0.25) is 0 Å². The van der Waals surface area contributed by atoms with Gasteiger partial charge in [0.1, 0.15) is 5.82 Å². The molecule has 2 rings (SSSR count). The van der Waals surface area contributed by atoms with Crippen LogP contribution in [0, 0.1) is 11.7 Å². The molecule has 0 heterocycles. The van der Waals surface area contributed by atoms with Crippen LogP contribution >= 0.6 is 15.9 Å². The normalized spacial score (nSPS) is 29.6. The van der Waals surface area contributed by atoms with Crippen molar-refractivity contribution in [3.63, 3.8) is 0 Å². The fraction of sp³-hybridized carbons (Fsp3) is 0.538. The maximum Gasteiger partial charge on any atom is 0.124 e. The van der Waals surface area contributed by atoms with Gasteiger partial charge in [0.25, 0.3) is 0 Å². The third-order valence-corrected chi connectivity index (χ3v) is 4.41. The maximum absolute atomic E-state index is 12.9. The van der Waals surface area contributed by atoms with E-state index in [4.69, 9.17) is 0 Å². The van der Waals surface area contributed by atoms with E-state index in [2.05, 4.69) is 22.9 Å². The summed E-state index contributed by atoms with van der Waals surface area (Å²) in [5.74, 6) is 0.0755. The number of halogens is 2. The Morgan fingerprint density at radius 1 is 1.56 bits per heavy atom. The van der Waals surface area contributed by atoms with Crippen molar-refractivity contribution in [2.45, 2.75) is 38.2 Å². The molecular weight excluding hydrogens is 271 g/mol. The molecule has 0 aliphatic heterocycles. The van der Waals surface area contributed by atoms with Crippen LogP contribution in [0.25, 0.3) is 0 Å². The third-order valence-electron chi connectivity index (χ3n) is 3.68. The van der Waals surface area contributed by atoms with Crippen molar-refractivity contribution >= 4 is 15.9 Å². The van der Waals surface area contributed by atoms with E-state index in [1.807, 2.05) is 0 Å². The Balaban J connectivity index is 2.20. The number of hydrogen-bond acceptors (Lipinski definition) is 1. The quantitative estimate of drug-likeness (QED) is 0.879. The molecule has 1 fully saturated rings. The third kappa shape index (κ3) is 2.30. The Hall–Kier alpha value is -0.410. The van der Waals surface area contributed by atoms with Crippen LogP contribution in [0.2, 0.25) is 0 Å². The van der Waals surface area contributed by atoms with Gasteiger partial charge in [-0.15, -0.1) is 0 Å². The highest BCUT2D eigenvalue weighted by Crippen LogP contribution is 2.38. The second kappa shape index (κ2) is 4.46. The molecule has 1 aliphatic rings. The molecular formula is C13H16BrFO. The summed E-state index contributed by atoms with van der Waals surface area (Å²) in [6.45, 7) is 2.09. The van der Waals surface area contributed by atoms with Crippen molar-refractivity contribution in [2.24, 2.45) is 5.92 Å². The van der Waals surface area contributed by atoms with E-state index in [0.717, 1.165) is 29.3 Å². The van der Waals surface area contributed by atoms with E-state index in [1.165, 1.54) is 12.1 Å². The second-order valence-corrected chi connectivity index (χ2v) is 5.66. The van der Waals surface area contributed by atoms with Gasteiger partial charge in [0.15, 0.2) is 0 Å². The van der Waals surface area contributed by atoms with Gasteiger partial charge in [0, 0.05) is 10.9 Å². The van der Waals surface area contributed by atoms with Crippen molar-refractivity contribution in [3.8, 4) is 0 Å². The summed E-state index contributed by atoms with van der Waals surface area (Å²) >= 11 is 3.35. The van der Waals surface area contributed by atoms with Gasteiger partial charge in [-0.2, -0.15) is 0 Å². The van der Waals surface area contributed by atoms with Crippen LogP contribution in [0.3, 0.4) is 0 Å². The first-order chi connectivity index (χ1) is 7.51. The molecule has 0 radical (unpaired) electrons. The van der Waals surface area contributed by atoms with Gasteiger partial charge in [-0.05, 0) is 36.5 Å². The molecule has 1 nitrogen and oxygen atoms in total. The minimum absolute atomic E-state index is 0.248. The molecule has 1 saturated carbocycles. The summed E-state index contributed by atoms with van der Waals surface area (Å²) in [4.78, 5) is 0. The summed E-state index contributed by atoms with van der Waals surface area (Å²) < 4.78 is 13.7. The summed E-state index contributed by atoms with van der Waals surface area (Å²) in [6.07, 6.45) is 3.61. The van der Waals surface area contributed by atoms with Crippen LogP contribution < -0.4 is 0 Å². The van der Waals surface area contributed by atoms with Crippen molar-refractivity contribution in [3.05, 3.63) is 34.1 Å². The average Bonchev–Trinajstić information content (AvgIpc) is 2.52. The van der Waals surface area contributed by atoms with Crippen molar-refractivity contribution in [1.29, 1.82) is 0 Å². The van der Waals surface area contributed by atoms with E-state index in [-0.39, 0.29) is 5.82 Å². The molecule has 0 aromatic heterocycles. The smallest absolute Gasteiger partial charge is 0.124 e. The first kappa shape index (κ1) is 12.1. The van der Waals surface area contributed by atoms with Gasteiger partial charge in [-0.25, -0.2) is 4.39 Å². The van der Waals surface area contributed by atoms with Gasteiger partial charge in [-0.3, -0.25) is 0 Å². The first-order valence-corrected chi connectivity index (χ1v) is 6.47. The minimum atomic E-state index is -0.611. The van der Waals surface area contributed by atoms with Gasteiger partial charge >= 0.3 is 0 Å². The zero-order valence-corrected chi connectivity index (χ0v) is 10.9. The molecule has 1 aromatic carbocycles. The highest BCUT2D eigenvalue weighted by atomic mass is 79.9. The minimum Gasteiger partial charge on any atom is -0.389 e. The lowest BCUT2D eigenvalue weighted by Crippen LogP contribution is -2.34. The lowest BCUT2D eigenvalue weighted by Gasteiger charge is -2.28. The van der Waals surface area contributed by atoms with Crippen LogP contribution in [0.1, 0.15) is 31.7 Å². The van der Waals surface area contributed by atoms with Gasteiger partial charge < -0.3 is 5.11 Å². The lowest BCUT2D eigenvalue weighted by molar-refractivity contribution is 0.00943. The molecule has 2 atom stereocenters. The van der Waals surface area contributed by atoms with Crippen LogP contribution in [0.4, 0.5) is 4.39 Å². The number of hydrogen-bond donors (Lipinski definition) is 1. The summed E-state index contributed by atoms with van der Waals surface area (Å²) in [5, 5.41) is 10.5. The molecule has 0 bridgehead atoms. The fourth-order valence-corrected chi connectivity index (χ4v) is 2.98. The molecule has 0 amide bonds. The van der Waals surface area contributed by atoms with Crippen molar-refractivity contribution < 1.29 is 9.50 Å². The average molecular weight is 287 g/mol. The predicted octanol–water partition coefficient (Wildman–Crippen LogP) is 3.68. The lowest BCUT2D eigenvalue weighted by atomic mass is 9.86. The highest BCUT2D eigenvalue weighted by Gasteiger charge is 2.38. The van der Waals surface area contributed by atoms with E-state index >= 15 is 0 Å². The molecule has 1 aliphatic carbocycles. The molecule has 0 saturated heterocycles. The molecule has 3 heteroatoms. The Labute approximate surface area is 104 Å². The van der Waals surface area contributed by atoms with Crippen LogP contribution in [-0.4, -0.2) is 10.7 Å². The number of benzene rings is 1. The molecule has 0 spiro atoms. The molecule has 88 valence electrons. The van der Waals surface area contributed by atoms with Crippen LogP contribution in [0.15, 0.2) is 22.7 Å². The van der Waals surface area contributed by atoms with Crippen LogP contribution in [-0.2, 0) is 6.42 Å². The molecule has 16 heavy (non-hydrogen) atoms. The Bertz CT molecular complexity index is 394. The molecule has 1 aromatic rings. The number of aliphatic hydroxyl groups is 1. The highest BCUT2D eigenvalue weighted by molar-refractivity contribution is 9.10. The zero-order valence-electron chi connectivity index (χ0n) is 9.34. The maximum atomic E-state index is 12.9. The fourth-order valence-electron chi connectivity index (χ4n) is 2.49. The van der Waals surface area contributed by atoms with E-state index < -0.39 is 5.60 Å².